The van der Waals surface area contributed by atoms with Gasteiger partial charge >= 0.3 is 12.0 Å². The number of benzene rings is 2. The van der Waals surface area contributed by atoms with Crippen molar-refractivity contribution in [2.45, 2.75) is 95.7 Å². The lowest BCUT2D eigenvalue weighted by Crippen LogP contribution is -2.65. The second-order valence-corrected chi connectivity index (χ2v) is 16.6. The van der Waals surface area contributed by atoms with Gasteiger partial charge in [0.05, 0.1) is 5.69 Å². The third-order valence-electron chi connectivity index (χ3n) is 11.4. The number of nitrogens with one attached hydrogen (secondary N) is 4. The zero-order valence-electron chi connectivity index (χ0n) is 33.8. The van der Waals surface area contributed by atoms with Gasteiger partial charge in [0.15, 0.2) is 0 Å². The van der Waals surface area contributed by atoms with E-state index in [1.807, 2.05) is 37.9 Å². The molecule has 4 N–H and O–H groups in total. The summed E-state index contributed by atoms with van der Waals surface area (Å²) in [7, 11) is 1.82. The van der Waals surface area contributed by atoms with E-state index >= 15 is 0 Å². The molecule has 4 heterocycles. The lowest BCUT2D eigenvalue weighted by Gasteiger charge is -2.42. The van der Waals surface area contributed by atoms with Crippen molar-refractivity contribution >= 4 is 58.8 Å². The Hall–Kier alpha value is -5.29. The van der Waals surface area contributed by atoms with Crippen molar-refractivity contribution in [3.63, 3.8) is 0 Å². The maximum Gasteiger partial charge on any atom is 0.329 e. The molecule has 59 heavy (non-hydrogen) atoms. The molecule has 0 bridgehead atoms. The van der Waals surface area contributed by atoms with Gasteiger partial charge in [-0.15, -0.1) is 0 Å². The Morgan fingerprint density at radius 1 is 0.915 bits per heavy atom. The van der Waals surface area contributed by atoms with E-state index in [0.29, 0.717) is 18.5 Å². The minimum atomic E-state index is -1.56. The van der Waals surface area contributed by atoms with Crippen LogP contribution in [-0.2, 0) is 39.9 Å². The molecule has 2 aromatic carbocycles. The van der Waals surface area contributed by atoms with Crippen molar-refractivity contribution in [2.24, 2.45) is 5.92 Å². The third-order valence-corrected chi connectivity index (χ3v) is 11.7. The number of esters is 1. The molecule has 0 radical (unpaired) electrons. The van der Waals surface area contributed by atoms with Crippen molar-refractivity contribution in [2.75, 3.05) is 45.1 Å². The molecule has 0 saturated carbocycles. The van der Waals surface area contributed by atoms with Gasteiger partial charge in [-0.3, -0.25) is 24.0 Å². The summed E-state index contributed by atoms with van der Waals surface area (Å²) >= 11 is 5.88. The van der Waals surface area contributed by atoms with Gasteiger partial charge in [0.1, 0.15) is 48.2 Å². The summed E-state index contributed by atoms with van der Waals surface area (Å²) in [5.74, 6) is -4.73. The summed E-state index contributed by atoms with van der Waals surface area (Å²) in [6, 6.07) is 3.07. The topological polar surface area (TPSA) is 190 Å². The second kappa shape index (κ2) is 18.3. The van der Waals surface area contributed by atoms with E-state index in [-0.39, 0.29) is 62.1 Å². The number of ether oxygens (including phenoxy) is 1. The molecule has 6 rings (SSSR count). The van der Waals surface area contributed by atoms with Crippen LogP contribution in [0, 0.1) is 18.7 Å². The number of nitrogens with zero attached hydrogens (tertiary/aromatic N) is 4. The molecule has 0 aliphatic carbocycles. The van der Waals surface area contributed by atoms with Crippen LogP contribution in [0.1, 0.15) is 51.2 Å². The standard InChI is InChI=1S/C41H52ClFN8O8/c1-22-8-6-9-26(16-22)18-30(46-41(58)45-29-12-11-27(42)19-28(29)43)35(52)47-34-25(4)59-40(57)32-17-23(2)20-51(32)37(54)24(3)44-36(53)33-21-48(5)14-15-50(33)38(55)31-10-7-13-49(31)39(34)56/h6,8-9,11-12,16,19,23-25,30-34H,7,10,13-15,17-18,20-21H2,1-5H3,(H,44,53)(H,47,52)(H2,45,46,58)/t23-,24+,25+,30+,31+,32+,33+,34+/m1/s1. The Morgan fingerprint density at radius 2 is 1.66 bits per heavy atom. The fourth-order valence-electron chi connectivity index (χ4n) is 8.35. The molecule has 2 aromatic rings. The van der Waals surface area contributed by atoms with E-state index in [0.717, 1.165) is 11.6 Å². The van der Waals surface area contributed by atoms with Crippen LogP contribution in [0.15, 0.2) is 42.5 Å². The van der Waals surface area contributed by atoms with E-state index in [1.54, 1.807) is 12.1 Å². The van der Waals surface area contributed by atoms with E-state index in [4.69, 9.17) is 16.3 Å². The molecule has 0 unspecified atom stereocenters. The number of urea groups is 1. The number of halogens is 2. The number of anilines is 1. The number of amides is 7. The molecule has 4 aliphatic heterocycles. The number of hydrogen-bond acceptors (Lipinski definition) is 9. The number of likely N-dealkylation sites (N-methyl/N-ethyl adjacent to an activating group) is 1. The van der Waals surface area contributed by atoms with Gasteiger partial charge in [-0.05, 0) is 76.8 Å². The van der Waals surface area contributed by atoms with Gasteiger partial charge in [-0.25, -0.2) is 14.0 Å². The highest BCUT2D eigenvalue weighted by atomic mass is 35.5. The summed E-state index contributed by atoms with van der Waals surface area (Å²) in [6.45, 7) is 7.94. The molecule has 318 valence electrons. The number of fused-ring (bicyclic) bond motifs is 3. The SMILES string of the molecule is Cc1cccc(C[C@H](NC(=O)Nc2ccc(Cl)cc2F)C(=O)N[C@@H]2C(=O)N3CCC[C@H]3C(=O)N3CCN(C)C[C@H]3C(=O)N[C@@H](C)C(=O)N3C[C@H](C)C[C@H]3C(=O)O[C@H]2C)c1. The molecule has 0 aromatic heterocycles. The smallest absolute Gasteiger partial charge is 0.329 e. The van der Waals surface area contributed by atoms with Crippen LogP contribution < -0.4 is 21.3 Å². The summed E-state index contributed by atoms with van der Waals surface area (Å²) in [6.07, 6.45) is -0.379. The van der Waals surface area contributed by atoms with Crippen molar-refractivity contribution < 1.29 is 42.7 Å². The highest BCUT2D eigenvalue weighted by Gasteiger charge is 2.47. The Kier molecular flexibility index (Phi) is 13.4. The molecule has 18 heteroatoms. The number of carbonyl (C=O) groups excluding carboxylic acids is 7. The Balaban J connectivity index is 1.34. The fourth-order valence-corrected chi connectivity index (χ4v) is 8.51. The largest absolute Gasteiger partial charge is 0.458 e. The van der Waals surface area contributed by atoms with Crippen LogP contribution in [0.2, 0.25) is 5.02 Å². The minimum absolute atomic E-state index is 0.0496. The zero-order valence-corrected chi connectivity index (χ0v) is 34.6. The van der Waals surface area contributed by atoms with Crippen LogP contribution in [0.25, 0.3) is 0 Å². The van der Waals surface area contributed by atoms with E-state index in [9.17, 15) is 38.0 Å². The lowest BCUT2D eigenvalue weighted by atomic mass is 10.0. The molecule has 4 fully saturated rings. The average Bonchev–Trinajstić information content (AvgIpc) is 3.84. The van der Waals surface area contributed by atoms with Crippen LogP contribution >= 0.6 is 11.6 Å². The van der Waals surface area contributed by atoms with Gasteiger partial charge < -0.3 is 45.6 Å². The number of piperazine rings is 1. The van der Waals surface area contributed by atoms with Crippen molar-refractivity contribution in [3.05, 3.63) is 64.4 Å². The molecule has 7 amide bonds. The van der Waals surface area contributed by atoms with Crippen LogP contribution in [0.5, 0.6) is 0 Å². The predicted octanol–water partition coefficient (Wildman–Crippen LogP) is 1.83. The monoisotopic (exact) mass is 838 g/mol. The summed E-state index contributed by atoms with van der Waals surface area (Å²) < 4.78 is 20.6. The average molecular weight is 839 g/mol. The van der Waals surface area contributed by atoms with Gasteiger partial charge in [-0.1, -0.05) is 48.4 Å². The first kappa shape index (κ1) is 43.3. The van der Waals surface area contributed by atoms with E-state index in [1.165, 1.54) is 40.7 Å². The molecular formula is C41H52ClFN8O8. The maximum absolute atomic E-state index is 14.8. The van der Waals surface area contributed by atoms with E-state index in [2.05, 4.69) is 21.3 Å². The Labute approximate surface area is 347 Å². The predicted molar refractivity (Wildman–Crippen MR) is 214 cm³/mol. The van der Waals surface area contributed by atoms with Gasteiger partial charge in [-0.2, -0.15) is 0 Å². The fraction of sp³-hybridized carbons (Fsp3) is 0.537. The number of hydrogen-bond donors (Lipinski definition) is 4. The first-order valence-electron chi connectivity index (χ1n) is 20.0. The molecule has 4 aliphatic rings. The van der Waals surface area contributed by atoms with Gasteiger partial charge in [0.25, 0.3) is 0 Å². The molecule has 0 spiro atoms. The van der Waals surface area contributed by atoms with Gasteiger partial charge in [0, 0.05) is 44.2 Å². The lowest BCUT2D eigenvalue weighted by molar-refractivity contribution is -0.163. The highest BCUT2D eigenvalue weighted by Crippen LogP contribution is 2.28. The number of aryl methyl sites for hydroxylation is 1. The quantitative estimate of drug-likeness (QED) is 0.315. The van der Waals surface area contributed by atoms with Gasteiger partial charge in [0.2, 0.25) is 29.5 Å². The van der Waals surface area contributed by atoms with Crippen molar-refractivity contribution in [3.8, 4) is 0 Å². The van der Waals surface area contributed by atoms with Crippen LogP contribution in [-0.4, -0.2) is 143 Å². The van der Waals surface area contributed by atoms with Crippen LogP contribution in [0.4, 0.5) is 14.9 Å². The number of cyclic esters (lactones) is 1. The Bertz CT molecular complexity index is 1990. The number of rotatable bonds is 6. The summed E-state index contributed by atoms with van der Waals surface area (Å²) in [5, 5.41) is 10.6. The Morgan fingerprint density at radius 3 is 2.39 bits per heavy atom. The molecule has 8 atom stereocenters. The summed E-state index contributed by atoms with van der Waals surface area (Å²) in [5.41, 5.74) is 1.36. The zero-order chi connectivity index (χ0) is 42.7. The van der Waals surface area contributed by atoms with E-state index < -0.39 is 89.7 Å². The first-order valence-corrected chi connectivity index (χ1v) is 20.4. The number of carbonyl (C=O) groups is 7. The highest BCUT2D eigenvalue weighted by molar-refractivity contribution is 6.30. The second-order valence-electron chi connectivity index (χ2n) is 16.2. The summed E-state index contributed by atoms with van der Waals surface area (Å²) in [4.78, 5) is 105. The van der Waals surface area contributed by atoms with Crippen LogP contribution in [0.3, 0.4) is 0 Å². The third kappa shape index (κ3) is 9.95. The van der Waals surface area contributed by atoms with Crippen molar-refractivity contribution in [1.29, 1.82) is 0 Å². The van der Waals surface area contributed by atoms with Crippen molar-refractivity contribution in [1.82, 2.24) is 35.6 Å². The first-order chi connectivity index (χ1) is 28.0. The minimum Gasteiger partial charge on any atom is -0.458 e. The molecule has 4 saturated heterocycles. The molecule has 16 nitrogen and oxygen atoms in total. The normalized spacial score (nSPS) is 27.6. The maximum atomic E-state index is 14.8. The molecular weight excluding hydrogens is 787 g/mol.